The predicted octanol–water partition coefficient (Wildman–Crippen LogP) is 1.10. The fourth-order valence-electron chi connectivity index (χ4n) is 2.70. The molecule has 0 atom stereocenters. The molecule has 1 aliphatic heterocycles. The van der Waals surface area contributed by atoms with Crippen molar-refractivity contribution < 1.29 is 9.59 Å². The van der Waals surface area contributed by atoms with Crippen LogP contribution in [0.4, 0.5) is 0 Å². The molecule has 0 aromatic carbocycles. The molecule has 2 amide bonds. The number of rotatable bonds is 6. The number of hydrogen-bond donors (Lipinski definition) is 1. The molecule has 5 nitrogen and oxygen atoms in total. The lowest BCUT2D eigenvalue weighted by Crippen LogP contribution is -2.51. The second-order valence-corrected chi connectivity index (χ2v) is 7.11. The van der Waals surface area contributed by atoms with Crippen LogP contribution in [0.3, 0.4) is 0 Å². The van der Waals surface area contributed by atoms with Gasteiger partial charge in [-0.1, -0.05) is 6.07 Å². The van der Waals surface area contributed by atoms with Crippen LogP contribution >= 0.6 is 11.3 Å². The topological polar surface area (TPSA) is 52.7 Å². The molecular weight excluding hydrogens is 298 g/mol. The molecule has 6 heteroatoms. The first-order chi connectivity index (χ1) is 10.7. The van der Waals surface area contributed by atoms with Crippen molar-refractivity contribution in [2.75, 3.05) is 32.7 Å². The van der Waals surface area contributed by atoms with E-state index < -0.39 is 0 Å². The van der Waals surface area contributed by atoms with Gasteiger partial charge in [-0.05, 0) is 30.7 Å². The summed E-state index contributed by atoms with van der Waals surface area (Å²) in [5.74, 6) is 0.357. The SMILES string of the molecule is O=C(CN1CCN(C(=O)CCc2cccs2)CC1)NC1CC1. The Morgan fingerprint density at radius 3 is 2.64 bits per heavy atom. The summed E-state index contributed by atoms with van der Waals surface area (Å²) in [4.78, 5) is 29.3. The molecule has 0 unspecified atom stereocenters. The van der Waals surface area contributed by atoms with Gasteiger partial charge in [-0.2, -0.15) is 0 Å². The fraction of sp³-hybridized carbons (Fsp3) is 0.625. The van der Waals surface area contributed by atoms with Gasteiger partial charge in [-0.25, -0.2) is 0 Å². The molecule has 0 spiro atoms. The summed E-state index contributed by atoms with van der Waals surface area (Å²) in [6.07, 6.45) is 3.67. The van der Waals surface area contributed by atoms with E-state index in [1.54, 1.807) is 11.3 Å². The molecule has 1 saturated carbocycles. The van der Waals surface area contributed by atoms with Gasteiger partial charge in [-0.15, -0.1) is 11.3 Å². The lowest BCUT2D eigenvalue weighted by molar-refractivity contribution is -0.133. The quantitative estimate of drug-likeness (QED) is 0.854. The predicted molar refractivity (Wildman–Crippen MR) is 86.8 cm³/mol. The summed E-state index contributed by atoms with van der Waals surface area (Å²) in [5.41, 5.74) is 0. The number of hydrogen-bond acceptors (Lipinski definition) is 4. The first kappa shape index (κ1) is 15.5. The van der Waals surface area contributed by atoms with E-state index in [1.165, 1.54) is 4.88 Å². The molecule has 1 saturated heterocycles. The normalized spacial score (nSPS) is 19.2. The Hall–Kier alpha value is -1.40. The zero-order valence-electron chi connectivity index (χ0n) is 12.8. The Bertz CT molecular complexity index is 505. The molecule has 2 fully saturated rings. The highest BCUT2D eigenvalue weighted by atomic mass is 32.1. The second kappa shape index (κ2) is 7.24. The number of piperazine rings is 1. The number of aryl methyl sites for hydroxylation is 1. The van der Waals surface area contributed by atoms with Crippen LogP contribution in [0, 0.1) is 0 Å². The number of thiophene rings is 1. The summed E-state index contributed by atoms with van der Waals surface area (Å²) >= 11 is 1.71. The Labute approximate surface area is 135 Å². The number of amides is 2. The van der Waals surface area contributed by atoms with E-state index in [-0.39, 0.29) is 11.8 Å². The highest BCUT2D eigenvalue weighted by Gasteiger charge is 2.26. The molecule has 0 radical (unpaired) electrons. The van der Waals surface area contributed by atoms with Crippen LogP contribution in [0.5, 0.6) is 0 Å². The van der Waals surface area contributed by atoms with Crippen LogP contribution < -0.4 is 5.32 Å². The van der Waals surface area contributed by atoms with Crippen molar-refractivity contribution in [3.63, 3.8) is 0 Å². The van der Waals surface area contributed by atoms with E-state index in [0.717, 1.165) is 45.4 Å². The molecule has 1 aromatic heterocycles. The lowest BCUT2D eigenvalue weighted by Gasteiger charge is -2.34. The highest BCUT2D eigenvalue weighted by molar-refractivity contribution is 7.09. The van der Waals surface area contributed by atoms with Crippen molar-refractivity contribution >= 4 is 23.2 Å². The van der Waals surface area contributed by atoms with Crippen LogP contribution in [0.2, 0.25) is 0 Å². The van der Waals surface area contributed by atoms with Crippen molar-refractivity contribution in [3.05, 3.63) is 22.4 Å². The van der Waals surface area contributed by atoms with Gasteiger partial charge >= 0.3 is 0 Å². The second-order valence-electron chi connectivity index (χ2n) is 6.08. The summed E-state index contributed by atoms with van der Waals surface area (Å²) in [5, 5.41) is 5.06. The molecule has 1 N–H and O–H groups in total. The first-order valence-electron chi connectivity index (χ1n) is 8.02. The molecule has 2 aliphatic rings. The monoisotopic (exact) mass is 321 g/mol. The van der Waals surface area contributed by atoms with Gasteiger partial charge in [0.25, 0.3) is 0 Å². The number of carbonyl (C=O) groups excluding carboxylic acids is 2. The third kappa shape index (κ3) is 4.55. The van der Waals surface area contributed by atoms with Crippen LogP contribution in [0.15, 0.2) is 17.5 Å². The largest absolute Gasteiger partial charge is 0.352 e. The standard InChI is InChI=1S/C16H23N3O2S/c20-15(17-13-3-4-13)12-18-7-9-19(10-8-18)16(21)6-5-14-2-1-11-22-14/h1-2,11,13H,3-10,12H2,(H,17,20). The van der Waals surface area contributed by atoms with E-state index in [0.29, 0.717) is 19.0 Å². The molecule has 1 aromatic rings. The van der Waals surface area contributed by atoms with Crippen LogP contribution in [-0.4, -0.2) is 60.4 Å². The van der Waals surface area contributed by atoms with Gasteiger partial charge < -0.3 is 10.2 Å². The molecule has 3 rings (SSSR count). The van der Waals surface area contributed by atoms with Crippen molar-refractivity contribution in [1.29, 1.82) is 0 Å². The highest BCUT2D eigenvalue weighted by Crippen LogP contribution is 2.18. The van der Waals surface area contributed by atoms with Gasteiger partial charge in [0.15, 0.2) is 0 Å². The minimum absolute atomic E-state index is 0.125. The molecule has 22 heavy (non-hydrogen) atoms. The molecule has 1 aliphatic carbocycles. The van der Waals surface area contributed by atoms with Gasteiger partial charge in [0.2, 0.25) is 11.8 Å². The summed E-state index contributed by atoms with van der Waals surface area (Å²) in [7, 11) is 0. The van der Waals surface area contributed by atoms with E-state index in [1.807, 2.05) is 16.3 Å². The average molecular weight is 321 g/mol. The Kier molecular flexibility index (Phi) is 5.10. The Morgan fingerprint density at radius 2 is 2.00 bits per heavy atom. The third-order valence-corrected chi connectivity index (χ3v) is 5.14. The number of carbonyl (C=O) groups is 2. The lowest BCUT2D eigenvalue weighted by atomic mass is 10.2. The van der Waals surface area contributed by atoms with Crippen molar-refractivity contribution in [2.45, 2.75) is 31.7 Å². The van der Waals surface area contributed by atoms with E-state index in [9.17, 15) is 9.59 Å². The minimum Gasteiger partial charge on any atom is -0.352 e. The van der Waals surface area contributed by atoms with Crippen LogP contribution in [0.1, 0.15) is 24.1 Å². The zero-order valence-corrected chi connectivity index (χ0v) is 13.6. The third-order valence-electron chi connectivity index (χ3n) is 4.20. The maximum Gasteiger partial charge on any atom is 0.234 e. The maximum absolute atomic E-state index is 12.2. The smallest absolute Gasteiger partial charge is 0.234 e. The van der Waals surface area contributed by atoms with E-state index in [4.69, 9.17) is 0 Å². The van der Waals surface area contributed by atoms with Gasteiger partial charge in [0, 0.05) is 43.5 Å². The molecule has 120 valence electrons. The molecular formula is C16H23N3O2S. The fourth-order valence-corrected chi connectivity index (χ4v) is 3.41. The van der Waals surface area contributed by atoms with Crippen LogP contribution in [0.25, 0.3) is 0 Å². The van der Waals surface area contributed by atoms with Gasteiger partial charge in [-0.3, -0.25) is 14.5 Å². The first-order valence-corrected chi connectivity index (χ1v) is 8.90. The van der Waals surface area contributed by atoms with E-state index in [2.05, 4.69) is 16.3 Å². The van der Waals surface area contributed by atoms with Crippen molar-refractivity contribution in [3.8, 4) is 0 Å². The Balaban J connectivity index is 1.35. The number of nitrogens with one attached hydrogen (secondary N) is 1. The van der Waals surface area contributed by atoms with Crippen molar-refractivity contribution in [1.82, 2.24) is 15.1 Å². The average Bonchev–Trinajstić information content (AvgIpc) is 3.16. The molecule has 0 bridgehead atoms. The summed E-state index contributed by atoms with van der Waals surface area (Å²) in [6, 6.07) is 4.53. The Morgan fingerprint density at radius 1 is 1.23 bits per heavy atom. The van der Waals surface area contributed by atoms with Gasteiger partial charge in [0.05, 0.1) is 6.54 Å². The summed E-state index contributed by atoms with van der Waals surface area (Å²) in [6.45, 7) is 3.53. The van der Waals surface area contributed by atoms with Crippen molar-refractivity contribution in [2.24, 2.45) is 0 Å². The minimum atomic E-state index is 0.125. The number of nitrogens with zero attached hydrogens (tertiary/aromatic N) is 2. The summed E-state index contributed by atoms with van der Waals surface area (Å²) < 4.78 is 0. The zero-order chi connectivity index (χ0) is 15.4. The molecule has 2 heterocycles. The maximum atomic E-state index is 12.2. The van der Waals surface area contributed by atoms with Gasteiger partial charge in [0.1, 0.15) is 0 Å². The van der Waals surface area contributed by atoms with Crippen LogP contribution in [-0.2, 0) is 16.0 Å². The van der Waals surface area contributed by atoms with E-state index >= 15 is 0 Å².